The first-order chi connectivity index (χ1) is 5.01. The second-order valence-electron chi connectivity index (χ2n) is 1.98. The molecule has 0 heterocycles. The van der Waals surface area contributed by atoms with Crippen LogP contribution in [0.2, 0.25) is 0 Å². The second kappa shape index (κ2) is 3.80. The Labute approximate surface area is 66.5 Å². The number of nitro groups is 1. The highest BCUT2D eigenvalue weighted by molar-refractivity contribution is 6.20. The number of aliphatic hydroxyl groups excluding tert-OH is 2. The molecule has 2 N–H and O–H groups in total. The fourth-order valence-electron chi connectivity index (χ4n) is 0.383. The standard InChI is InChI=1S/C4H7ClFNO4/c5-3(6)4(1-8,2-9)7(10)11/h3,8-9H,1-2H2. The summed E-state index contributed by atoms with van der Waals surface area (Å²) in [5.74, 6) is 0. The van der Waals surface area contributed by atoms with Crippen LogP contribution in [0, 0.1) is 10.1 Å². The van der Waals surface area contributed by atoms with Crippen LogP contribution in [0.4, 0.5) is 4.39 Å². The summed E-state index contributed by atoms with van der Waals surface area (Å²) in [5.41, 5.74) is -4.89. The second-order valence-corrected chi connectivity index (χ2v) is 2.36. The summed E-state index contributed by atoms with van der Waals surface area (Å²) in [6.07, 6.45) is 0. The summed E-state index contributed by atoms with van der Waals surface area (Å²) >= 11 is 4.77. The van der Waals surface area contributed by atoms with Gasteiger partial charge in [0.2, 0.25) is 5.63 Å². The van der Waals surface area contributed by atoms with Crippen LogP contribution in [0.15, 0.2) is 0 Å². The predicted octanol–water partition coefficient (Wildman–Crippen LogP) is -0.479. The van der Waals surface area contributed by atoms with Crippen molar-refractivity contribution < 1.29 is 19.5 Å². The van der Waals surface area contributed by atoms with Crippen LogP contribution in [-0.2, 0) is 0 Å². The van der Waals surface area contributed by atoms with E-state index in [2.05, 4.69) is 0 Å². The van der Waals surface area contributed by atoms with E-state index in [0.29, 0.717) is 0 Å². The molecule has 1 atom stereocenters. The molecular formula is C4H7ClFNO4. The van der Waals surface area contributed by atoms with Gasteiger partial charge in [-0.2, -0.15) is 0 Å². The molecule has 66 valence electrons. The van der Waals surface area contributed by atoms with Crippen LogP contribution in [-0.4, -0.2) is 39.5 Å². The van der Waals surface area contributed by atoms with Gasteiger partial charge in [-0.1, -0.05) is 11.6 Å². The number of hydrogen-bond donors (Lipinski definition) is 2. The Kier molecular flexibility index (Phi) is 3.64. The lowest BCUT2D eigenvalue weighted by Crippen LogP contribution is -2.51. The van der Waals surface area contributed by atoms with E-state index in [4.69, 9.17) is 21.8 Å². The molecule has 0 aromatic carbocycles. The summed E-state index contributed by atoms with van der Waals surface area (Å²) in [7, 11) is 0. The van der Waals surface area contributed by atoms with E-state index in [1.807, 2.05) is 0 Å². The minimum atomic E-state index is -2.48. The van der Waals surface area contributed by atoms with Crippen molar-refractivity contribution in [1.82, 2.24) is 0 Å². The van der Waals surface area contributed by atoms with Gasteiger partial charge >= 0.3 is 5.54 Å². The summed E-state index contributed by atoms with van der Waals surface area (Å²) in [5, 5.41) is 26.9. The highest BCUT2D eigenvalue weighted by Crippen LogP contribution is 2.20. The van der Waals surface area contributed by atoms with Gasteiger partial charge in [0.15, 0.2) is 0 Å². The maximum absolute atomic E-state index is 12.3. The van der Waals surface area contributed by atoms with Crippen LogP contribution in [0.1, 0.15) is 0 Å². The van der Waals surface area contributed by atoms with E-state index in [-0.39, 0.29) is 0 Å². The molecule has 0 radical (unpaired) electrons. The zero-order chi connectivity index (χ0) is 9.07. The first-order valence-electron chi connectivity index (χ1n) is 2.65. The molecule has 0 aliphatic carbocycles. The SMILES string of the molecule is O=[N+]([O-])C(CO)(CO)C(F)Cl. The van der Waals surface area contributed by atoms with E-state index in [1.165, 1.54) is 0 Å². The largest absolute Gasteiger partial charge is 0.389 e. The van der Waals surface area contributed by atoms with Crippen molar-refractivity contribution in [1.29, 1.82) is 0 Å². The Morgan fingerprint density at radius 2 is 2.00 bits per heavy atom. The number of alkyl halides is 2. The van der Waals surface area contributed by atoms with Crippen LogP contribution < -0.4 is 0 Å². The number of nitrogens with zero attached hydrogens (tertiary/aromatic N) is 1. The molecule has 11 heavy (non-hydrogen) atoms. The van der Waals surface area contributed by atoms with Gasteiger partial charge in [-0.3, -0.25) is 10.1 Å². The molecule has 0 saturated carbocycles. The van der Waals surface area contributed by atoms with Gasteiger partial charge in [0.05, 0.1) is 0 Å². The lowest BCUT2D eigenvalue weighted by Gasteiger charge is -2.19. The lowest BCUT2D eigenvalue weighted by molar-refractivity contribution is -0.581. The van der Waals surface area contributed by atoms with Crippen LogP contribution in [0.5, 0.6) is 0 Å². The van der Waals surface area contributed by atoms with Crippen molar-refractivity contribution in [2.45, 2.75) is 11.2 Å². The van der Waals surface area contributed by atoms with Crippen molar-refractivity contribution in [2.75, 3.05) is 13.2 Å². The van der Waals surface area contributed by atoms with E-state index in [9.17, 15) is 14.5 Å². The van der Waals surface area contributed by atoms with Crippen molar-refractivity contribution >= 4 is 11.6 Å². The fraction of sp³-hybridized carbons (Fsp3) is 1.00. The zero-order valence-corrected chi connectivity index (χ0v) is 6.16. The Bertz CT molecular complexity index is 149. The van der Waals surface area contributed by atoms with Crippen molar-refractivity contribution in [3.8, 4) is 0 Å². The van der Waals surface area contributed by atoms with Gasteiger partial charge in [-0.05, 0) is 0 Å². The predicted molar refractivity (Wildman–Crippen MR) is 34.6 cm³/mol. The van der Waals surface area contributed by atoms with Gasteiger partial charge in [-0.25, -0.2) is 4.39 Å². The molecule has 0 fully saturated rings. The Hall–Kier alpha value is -0.460. The number of aliphatic hydroxyl groups is 2. The first-order valence-corrected chi connectivity index (χ1v) is 3.09. The fourth-order valence-corrected chi connectivity index (χ4v) is 0.601. The van der Waals surface area contributed by atoms with E-state index in [1.54, 1.807) is 0 Å². The third-order valence-electron chi connectivity index (χ3n) is 1.32. The number of rotatable bonds is 4. The van der Waals surface area contributed by atoms with Gasteiger partial charge in [0, 0.05) is 4.92 Å². The van der Waals surface area contributed by atoms with Crippen LogP contribution in [0.25, 0.3) is 0 Å². The molecule has 0 bridgehead atoms. The third-order valence-corrected chi connectivity index (χ3v) is 1.72. The van der Waals surface area contributed by atoms with Crippen molar-refractivity contribution in [2.24, 2.45) is 0 Å². The molecule has 1 unspecified atom stereocenters. The summed E-state index contributed by atoms with van der Waals surface area (Å²) in [4.78, 5) is 8.95. The molecule has 0 aromatic rings. The average molecular weight is 188 g/mol. The molecule has 0 amide bonds. The van der Waals surface area contributed by atoms with E-state index >= 15 is 0 Å². The highest BCUT2D eigenvalue weighted by Gasteiger charge is 2.50. The Morgan fingerprint density at radius 3 is 2.00 bits per heavy atom. The van der Waals surface area contributed by atoms with Crippen molar-refractivity contribution in [3.63, 3.8) is 0 Å². The zero-order valence-electron chi connectivity index (χ0n) is 5.41. The van der Waals surface area contributed by atoms with Crippen molar-refractivity contribution in [3.05, 3.63) is 10.1 Å². The smallest absolute Gasteiger partial charge is 0.311 e. The summed E-state index contributed by atoms with van der Waals surface area (Å²) in [6, 6.07) is 0. The molecule has 7 heteroatoms. The molecule has 0 aliphatic heterocycles. The molecule has 0 aliphatic rings. The van der Waals surface area contributed by atoms with E-state index < -0.39 is 29.3 Å². The number of hydrogen-bond acceptors (Lipinski definition) is 4. The van der Waals surface area contributed by atoms with Crippen LogP contribution >= 0.6 is 11.6 Å². The van der Waals surface area contributed by atoms with Gasteiger partial charge in [0.25, 0.3) is 0 Å². The monoisotopic (exact) mass is 187 g/mol. The Balaban J connectivity index is 4.61. The highest BCUT2D eigenvalue weighted by atomic mass is 35.5. The lowest BCUT2D eigenvalue weighted by atomic mass is 10.1. The molecule has 0 aromatic heterocycles. The van der Waals surface area contributed by atoms with Crippen LogP contribution in [0.3, 0.4) is 0 Å². The first kappa shape index (κ1) is 10.5. The minimum absolute atomic E-state index is 1.13. The molecule has 0 spiro atoms. The van der Waals surface area contributed by atoms with Gasteiger partial charge < -0.3 is 10.2 Å². The van der Waals surface area contributed by atoms with Gasteiger partial charge in [0.1, 0.15) is 13.2 Å². The van der Waals surface area contributed by atoms with Gasteiger partial charge in [-0.15, -0.1) is 0 Å². The topological polar surface area (TPSA) is 83.6 Å². The normalized spacial score (nSPS) is 14.5. The maximum Gasteiger partial charge on any atom is 0.311 e. The molecule has 0 saturated heterocycles. The Morgan fingerprint density at radius 1 is 1.64 bits per heavy atom. The molecule has 5 nitrogen and oxygen atoms in total. The number of halogens is 2. The van der Waals surface area contributed by atoms with E-state index in [0.717, 1.165) is 0 Å². The molecule has 0 rings (SSSR count). The quantitative estimate of drug-likeness (QED) is 0.354. The average Bonchev–Trinajstić information content (AvgIpc) is 1.90. The molecular weight excluding hydrogens is 180 g/mol. The summed E-state index contributed by atoms with van der Waals surface area (Å²) < 4.78 is 12.3. The third kappa shape index (κ3) is 1.76. The minimum Gasteiger partial charge on any atom is -0.389 e. The maximum atomic E-state index is 12.3. The summed E-state index contributed by atoms with van der Waals surface area (Å²) in [6.45, 7) is -2.28.